The van der Waals surface area contributed by atoms with Gasteiger partial charge >= 0.3 is 0 Å². The molecule has 3 heteroatoms. The van der Waals surface area contributed by atoms with Crippen LogP contribution >= 0.6 is 0 Å². The molecule has 6 rings (SSSR count). The van der Waals surface area contributed by atoms with E-state index in [2.05, 4.69) is 42.5 Å². The lowest BCUT2D eigenvalue weighted by molar-refractivity contribution is 0.000163. The van der Waals surface area contributed by atoms with Crippen LogP contribution in [0.15, 0.2) is 48.5 Å². The molecule has 4 aromatic carbocycles. The molecule has 4 atom stereocenters. The Morgan fingerprint density at radius 2 is 1.57 bits per heavy atom. The minimum Gasteiger partial charge on any atom is -0.387 e. The SMILES string of the molecule is O[C@H]1c2cc3ccc4cccc5ccc(c2C2OC2[C@@H]1O)c3c45. The lowest BCUT2D eigenvalue weighted by Crippen LogP contribution is -2.29. The third kappa shape index (κ3) is 1.36. The zero-order valence-corrected chi connectivity index (χ0v) is 12.2. The maximum Gasteiger partial charge on any atom is 0.118 e. The molecule has 1 heterocycles. The Kier molecular flexibility index (Phi) is 2.03. The monoisotopic (exact) mass is 302 g/mol. The van der Waals surface area contributed by atoms with E-state index in [9.17, 15) is 10.2 Å². The molecule has 112 valence electrons. The third-order valence-electron chi connectivity index (χ3n) is 5.51. The number of benzene rings is 4. The second-order valence-electron chi connectivity index (χ2n) is 6.69. The van der Waals surface area contributed by atoms with E-state index in [1.54, 1.807) is 0 Å². The minimum absolute atomic E-state index is 0.0898. The fraction of sp³-hybridized carbons (Fsp3) is 0.200. The Morgan fingerprint density at radius 1 is 0.826 bits per heavy atom. The first-order chi connectivity index (χ1) is 11.2. The maximum absolute atomic E-state index is 10.5. The number of fused-ring (bicyclic) bond motifs is 4. The number of ether oxygens (including phenoxy) is 1. The molecule has 2 unspecified atom stereocenters. The minimum atomic E-state index is -0.879. The summed E-state index contributed by atoms with van der Waals surface area (Å²) >= 11 is 0. The summed E-state index contributed by atoms with van der Waals surface area (Å²) < 4.78 is 5.67. The lowest BCUT2D eigenvalue weighted by atomic mass is 9.81. The molecular weight excluding hydrogens is 288 g/mol. The van der Waals surface area contributed by atoms with Crippen molar-refractivity contribution in [2.45, 2.75) is 24.4 Å². The van der Waals surface area contributed by atoms with Gasteiger partial charge in [0, 0.05) is 0 Å². The van der Waals surface area contributed by atoms with Crippen LogP contribution in [0.25, 0.3) is 32.3 Å². The number of aliphatic hydroxyl groups is 2. The first-order valence-corrected chi connectivity index (χ1v) is 7.96. The summed E-state index contributed by atoms with van der Waals surface area (Å²) in [5.74, 6) is 0. The third-order valence-corrected chi connectivity index (χ3v) is 5.51. The van der Waals surface area contributed by atoms with Gasteiger partial charge in [-0.25, -0.2) is 0 Å². The van der Waals surface area contributed by atoms with Gasteiger partial charge in [0.25, 0.3) is 0 Å². The predicted octanol–water partition coefficient (Wildman–Crippen LogP) is 3.43. The van der Waals surface area contributed by atoms with Gasteiger partial charge in [-0.3, -0.25) is 0 Å². The van der Waals surface area contributed by atoms with Gasteiger partial charge < -0.3 is 14.9 Å². The molecular formula is C20H14O3. The number of epoxide rings is 1. The highest BCUT2D eigenvalue weighted by Gasteiger charge is 2.54. The van der Waals surface area contributed by atoms with E-state index in [0.29, 0.717) is 0 Å². The molecule has 1 saturated heterocycles. The van der Waals surface area contributed by atoms with Gasteiger partial charge in [0.1, 0.15) is 24.4 Å². The van der Waals surface area contributed by atoms with Crippen LogP contribution in [0.2, 0.25) is 0 Å². The van der Waals surface area contributed by atoms with Crippen molar-refractivity contribution in [2.75, 3.05) is 0 Å². The van der Waals surface area contributed by atoms with Crippen LogP contribution in [0, 0.1) is 0 Å². The van der Waals surface area contributed by atoms with Crippen molar-refractivity contribution < 1.29 is 14.9 Å². The predicted molar refractivity (Wildman–Crippen MR) is 88.7 cm³/mol. The molecule has 1 aliphatic carbocycles. The second-order valence-corrected chi connectivity index (χ2v) is 6.69. The Bertz CT molecular complexity index is 1080. The first-order valence-electron chi connectivity index (χ1n) is 7.96. The van der Waals surface area contributed by atoms with Crippen LogP contribution in [0.1, 0.15) is 23.3 Å². The quantitative estimate of drug-likeness (QED) is 0.386. The van der Waals surface area contributed by atoms with Crippen LogP contribution in [-0.2, 0) is 4.74 Å². The van der Waals surface area contributed by atoms with E-state index in [-0.39, 0.29) is 12.2 Å². The molecule has 0 saturated carbocycles. The molecule has 1 fully saturated rings. The maximum atomic E-state index is 10.5. The van der Waals surface area contributed by atoms with E-state index >= 15 is 0 Å². The summed E-state index contributed by atoms with van der Waals surface area (Å²) in [7, 11) is 0. The summed E-state index contributed by atoms with van der Waals surface area (Å²) in [4.78, 5) is 0. The number of rotatable bonds is 0. The average molecular weight is 302 g/mol. The number of aliphatic hydroxyl groups excluding tert-OH is 2. The van der Waals surface area contributed by atoms with Crippen molar-refractivity contribution >= 4 is 32.3 Å². The van der Waals surface area contributed by atoms with E-state index in [0.717, 1.165) is 21.9 Å². The topological polar surface area (TPSA) is 53.0 Å². The molecule has 0 radical (unpaired) electrons. The highest BCUT2D eigenvalue weighted by Crippen LogP contribution is 2.54. The van der Waals surface area contributed by atoms with Crippen molar-refractivity contribution in [1.82, 2.24) is 0 Å². The smallest absolute Gasteiger partial charge is 0.118 e. The standard InChI is InChI=1S/C20H14O3/c21-17-13-8-11-5-4-9-2-1-3-10-6-7-12(15(11)14(9)10)16(13)19-20(23-19)18(17)22/h1-8,17-22H/t17-,18+,19?,20?/m0/s1. The normalized spacial score (nSPS) is 29.1. The summed E-state index contributed by atoms with van der Waals surface area (Å²) in [5.41, 5.74) is 1.86. The molecule has 4 aromatic rings. The zero-order chi connectivity index (χ0) is 15.3. The van der Waals surface area contributed by atoms with Crippen molar-refractivity contribution in [3.63, 3.8) is 0 Å². The highest BCUT2D eigenvalue weighted by atomic mass is 16.6. The molecule has 0 spiro atoms. The van der Waals surface area contributed by atoms with Gasteiger partial charge in [0.2, 0.25) is 0 Å². The molecule has 2 N–H and O–H groups in total. The van der Waals surface area contributed by atoms with Gasteiger partial charge in [-0.2, -0.15) is 0 Å². The molecule has 1 aliphatic heterocycles. The highest BCUT2D eigenvalue weighted by molar-refractivity contribution is 6.23. The summed E-state index contributed by atoms with van der Waals surface area (Å²) in [6.45, 7) is 0. The molecule has 0 aromatic heterocycles. The van der Waals surface area contributed by atoms with Crippen molar-refractivity contribution in [3.05, 3.63) is 59.7 Å². The first kappa shape index (κ1) is 12.3. The fourth-order valence-corrected chi connectivity index (χ4v) is 4.40. The van der Waals surface area contributed by atoms with E-state index in [1.165, 1.54) is 21.5 Å². The summed E-state index contributed by atoms with van der Waals surface area (Å²) in [5, 5.41) is 27.8. The number of hydrogen-bond donors (Lipinski definition) is 2. The van der Waals surface area contributed by atoms with Gasteiger partial charge in [0.15, 0.2) is 0 Å². The van der Waals surface area contributed by atoms with Crippen molar-refractivity contribution in [3.8, 4) is 0 Å². The molecule has 2 aliphatic rings. The van der Waals surface area contributed by atoms with Crippen LogP contribution in [0.4, 0.5) is 0 Å². The van der Waals surface area contributed by atoms with Gasteiger partial charge in [0.05, 0.1) is 0 Å². The fourth-order valence-electron chi connectivity index (χ4n) is 4.40. The van der Waals surface area contributed by atoms with Crippen LogP contribution < -0.4 is 0 Å². The van der Waals surface area contributed by atoms with Crippen LogP contribution in [-0.4, -0.2) is 22.4 Å². The van der Waals surface area contributed by atoms with Crippen LogP contribution in [0.3, 0.4) is 0 Å². The largest absolute Gasteiger partial charge is 0.387 e. The molecule has 0 amide bonds. The van der Waals surface area contributed by atoms with Gasteiger partial charge in [-0.1, -0.05) is 42.5 Å². The van der Waals surface area contributed by atoms with Crippen molar-refractivity contribution in [2.24, 2.45) is 0 Å². The Hall–Kier alpha value is -2.20. The van der Waals surface area contributed by atoms with Gasteiger partial charge in [-0.05, 0) is 49.5 Å². The summed E-state index contributed by atoms with van der Waals surface area (Å²) in [6.07, 6.45) is -2.07. The zero-order valence-electron chi connectivity index (χ0n) is 12.2. The Labute approximate surface area is 132 Å². The van der Waals surface area contributed by atoms with E-state index in [4.69, 9.17) is 4.74 Å². The van der Waals surface area contributed by atoms with E-state index in [1.807, 2.05) is 6.07 Å². The van der Waals surface area contributed by atoms with E-state index < -0.39 is 12.2 Å². The molecule has 23 heavy (non-hydrogen) atoms. The number of hydrogen-bond acceptors (Lipinski definition) is 3. The Morgan fingerprint density at radius 3 is 2.39 bits per heavy atom. The lowest BCUT2D eigenvalue weighted by Gasteiger charge is -2.25. The van der Waals surface area contributed by atoms with Crippen LogP contribution in [0.5, 0.6) is 0 Å². The molecule has 3 nitrogen and oxygen atoms in total. The molecule has 0 bridgehead atoms. The van der Waals surface area contributed by atoms with Gasteiger partial charge in [-0.15, -0.1) is 0 Å². The summed E-state index contributed by atoms with van der Waals surface area (Å²) in [6, 6.07) is 16.9. The van der Waals surface area contributed by atoms with Crippen molar-refractivity contribution in [1.29, 1.82) is 0 Å². The second kappa shape index (κ2) is 3.82. The Balaban J connectivity index is 1.86. The average Bonchev–Trinajstić information content (AvgIpc) is 3.37.